The number of halogens is 2. The van der Waals surface area contributed by atoms with Crippen LogP contribution in [0.25, 0.3) is 0 Å². The summed E-state index contributed by atoms with van der Waals surface area (Å²) in [7, 11) is 0. The molecule has 0 fully saturated rings. The van der Waals surface area contributed by atoms with Crippen molar-refractivity contribution >= 4 is 35.2 Å². The lowest BCUT2D eigenvalue weighted by atomic mass is 10.1. The lowest BCUT2D eigenvalue weighted by molar-refractivity contribution is -0.140. The standard InChI is InChI=1S/C23H28ClFN2O2S/c1-4-16(2)26-23(29)17(3)27(15-18-5-9-20(25)10-6-18)22(28)13-14-30-21-11-7-19(24)8-12-21/h5-12,16-17H,4,13-15H2,1-3H3,(H,26,29). The maximum absolute atomic E-state index is 13.2. The second-order valence-corrected chi connectivity index (χ2v) is 8.80. The summed E-state index contributed by atoms with van der Waals surface area (Å²) in [6.07, 6.45) is 1.09. The Labute approximate surface area is 187 Å². The van der Waals surface area contributed by atoms with Crippen LogP contribution in [0.3, 0.4) is 0 Å². The first-order chi connectivity index (χ1) is 14.3. The highest BCUT2D eigenvalue weighted by molar-refractivity contribution is 7.99. The summed E-state index contributed by atoms with van der Waals surface area (Å²) in [5.74, 6) is -0.0589. The predicted molar refractivity (Wildman–Crippen MR) is 121 cm³/mol. The number of nitrogens with one attached hydrogen (secondary N) is 1. The number of benzene rings is 2. The second-order valence-electron chi connectivity index (χ2n) is 7.19. The van der Waals surface area contributed by atoms with Crippen molar-refractivity contribution in [3.8, 4) is 0 Å². The van der Waals surface area contributed by atoms with Crippen LogP contribution in [0.5, 0.6) is 0 Å². The molecule has 0 aliphatic carbocycles. The van der Waals surface area contributed by atoms with Gasteiger partial charge in [-0.05, 0) is 62.2 Å². The fourth-order valence-corrected chi connectivity index (χ4v) is 3.73. The quantitative estimate of drug-likeness (QED) is 0.500. The van der Waals surface area contributed by atoms with Gasteiger partial charge in [-0.1, -0.05) is 30.7 Å². The molecule has 0 heterocycles. The molecule has 7 heteroatoms. The van der Waals surface area contributed by atoms with Crippen LogP contribution in [-0.4, -0.2) is 34.6 Å². The van der Waals surface area contributed by atoms with Crippen molar-refractivity contribution in [1.82, 2.24) is 10.2 Å². The summed E-state index contributed by atoms with van der Waals surface area (Å²) in [5, 5.41) is 3.60. The van der Waals surface area contributed by atoms with Crippen LogP contribution in [0.15, 0.2) is 53.4 Å². The lowest BCUT2D eigenvalue weighted by Crippen LogP contribution is -2.49. The Balaban J connectivity index is 2.06. The van der Waals surface area contributed by atoms with Gasteiger partial charge in [0.05, 0.1) is 0 Å². The lowest BCUT2D eigenvalue weighted by Gasteiger charge is -2.29. The number of carbonyl (C=O) groups excluding carboxylic acids is 2. The Morgan fingerprint density at radius 3 is 2.33 bits per heavy atom. The maximum atomic E-state index is 13.2. The molecule has 162 valence electrons. The van der Waals surface area contributed by atoms with Crippen molar-refractivity contribution < 1.29 is 14.0 Å². The van der Waals surface area contributed by atoms with E-state index >= 15 is 0 Å². The first-order valence-corrected chi connectivity index (χ1v) is 11.4. The Bertz CT molecular complexity index is 830. The molecule has 2 unspecified atom stereocenters. The van der Waals surface area contributed by atoms with Gasteiger partial charge >= 0.3 is 0 Å². The number of hydrogen-bond donors (Lipinski definition) is 1. The summed E-state index contributed by atoms with van der Waals surface area (Å²) < 4.78 is 13.2. The number of rotatable bonds is 10. The fourth-order valence-electron chi connectivity index (χ4n) is 2.77. The van der Waals surface area contributed by atoms with Crippen LogP contribution in [-0.2, 0) is 16.1 Å². The van der Waals surface area contributed by atoms with E-state index in [2.05, 4.69) is 5.32 Å². The van der Waals surface area contributed by atoms with Crippen LogP contribution in [0.2, 0.25) is 5.02 Å². The van der Waals surface area contributed by atoms with E-state index in [1.165, 1.54) is 12.1 Å². The van der Waals surface area contributed by atoms with Crippen molar-refractivity contribution in [1.29, 1.82) is 0 Å². The van der Waals surface area contributed by atoms with Gasteiger partial charge in [0, 0.05) is 34.7 Å². The molecule has 0 aromatic heterocycles. The molecule has 0 radical (unpaired) electrons. The Hall–Kier alpha value is -2.05. The molecule has 4 nitrogen and oxygen atoms in total. The molecule has 2 atom stereocenters. The largest absolute Gasteiger partial charge is 0.352 e. The average Bonchev–Trinajstić information content (AvgIpc) is 2.74. The van der Waals surface area contributed by atoms with Gasteiger partial charge in [0.1, 0.15) is 11.9 Å². The van der Waals surface area contributed by atoms with Crippen molar-refractivity contribution in [2.75, 3.05) is 5.75 Å². The molecule has 2 aromatic rings. The zero-order valence-corrected chi connectivity index (χ0v) is 19.1. The predicted octanol–water partition coefficient (Wildman–Crippen LogP) is 5.29. The van der Waals surface area contributed by atoms with Gasteiger partial charge in [0.2, 0.25) is 11.8 Å². The van der Waals surface area contributed by atoms with E-state index in [-0.39, 0.29) is 36.6 Å². The zero-order valence-electron chi connectivity index (χ0n) is 17.5. The van der Waals surface area contributed by atoms with Crippen LogP contribution in [0.1, 0.15) is 39.2 Å². The molecule has 0 aliphatic heterocycles. The topological polar surface area (TPSA) is 49.4 Å². The summed E-state index contributed by atoms with van der Waals surface area (Å²) in [5.41, 5.74) is 0.776. The molecular weight excluding hydrogens is 423 g/mol. The molecule has 2 aromatic carbocycles. The van der Waals surface area contributed by atoms with Gasteiger partial charge in [0.15, 0.2) is 0 Å². The summed E-state index contributed by atoms with van der Waals surface area (Å²) in [4.78, 5) is 28.2. The number of nitrogens with zero attached hydrogens (tertiary/aromatic N) is 1. The van der Waals surface area contributed by atoms with E-state index in [1.54, 1.807) is 35.7 Å². The first-order valence-electron chi connectivity index (χ1n) is 10.0. The third-order valence-corrected chi connectivity index (χ3v) is 6.10. The SMILES string of the molecule is CCC(C)NC(=O)C(C)N(Cc1ccc(F)cc1)C(=O)CCSc1ccc(Cl)cc1. The van der Waals surface area contributed by atoms with Gasteiger partial charge in [0.25, 0.3) is 0 Å². The first kappa shape index (κ1) is 24.2. The van der Waals surface area contributed by atoms with E-state index in [9.17, 15) is 14.0 Å². The van der Waals surface area contributed by atoms with E-state index in [0.29, 0.717) is 10.8 Å². The minimum Gasteiger partial charge on any atom is -0.352 e. The average molecular weight is 451 g/mol. The smallest absolute Gasteiger partial charge is 0.242 e. The molecule has 0 spiro atoms. The number of amides is 2. The molecule has 30 heavy (non-hydrogen) atoms. The Morgan fingerprint density at radius 1 is 1.10 bits per heavy atom. The zero-order chi connectivity index (χ0) is 22.1. The summed E-state index contributed by atoms with van der Waals surface area (Å²) in [6, 6.07) is 12.8. The highest BCUT2D eigenvalue weighted by atomic mass is 35.5. The fraction of sp³-hybridized carbons (Fsp3) is 0.391. The minimum absolute atomic E-state index is 0.0307. The Morgan fingerprint density at radius 2 is 1.73 bits per heavy atom. The normalized spacial score (nSPS) is 12.8. The third kappa shape index (κ3) is 7.65. The van der Waals surface area contributed by atoms with Gasteiger partial charge in [-0.15, -0.1) is 11.8 Å². The van der Waals surface area contributed by atoms with E-state index in [0.717, 1.165) is 16.9 Å². The molecular formula is C23H28ClFN2O2S. The van der Waals surface area contributed by atoms with Gasteiger partial charge in [-0.2, -0.15) is 0 Å². The van der Waals surface area contributed by atoms with Crippen LogP contribution >= 0.6 is 23.4 Å². The molecule has 0 saturated carbocycles. The van der Waals surface area contributed by atoms with E-state index in [1.807, 2.05) is 38.1 Å². The van der Waals surface area contributed by atoms with E-state index < -0.39 is 6.04 Å². The molecule has 1 N–H and O–H groups in total. The highest BCUT2D eigenvalue weighted by Gasteiger charge is 2.26. The highest BCUT2D eigenvalue weighted by Crippen LogP contribution is 2.22. The van der Waals surface area contributed by atoms with E-state index in [4.69, 9.17) is 11.6 Å². The van der Waals surface area contributed by atoms with Crippen molar-refractivity contribution in [3.63, 3.8) is 0 Å². The number of hydrogen-bond acceptors (Lipinski definition) is 3. The molecule has 2 amide bonds. The number of thioether (sulfide) groups is 1. The summed E-state index contributed by atoms with van der Waals surface area (Å²) in [6.45, 7) is 5.90. The Kier molecular flexibility index (Phi) is 9.66. The number of carbonyl (C=O) groups is 2. The van der Waals surface area contributed by atoms with Gasteiger partial charge in [-0.25, -0.2) is 4.39 Å². The van der Waals surface area contributed by atoms with Crippen molar-refractivity contribution in [2.24, 2.45) is 0 Å². The molecule has 0 aliphatic rings. The maximum Gasteiger partial charge on any atom is 0.242 e. The summed E-state index contributed by atoms with van der Waals surface area (Å²) >= 11 is 7.47. The van der Waals surface area contributed by atoms with Crippen molar-refractivity contribution in [3.05, 3.63) is 64.9 Å². The second kappa shape index (κ2) is 12.0. The van der Waals surface area contributed by atoms with Gasteiger partial charge < -0.3 is 10.2 Å². The minimum atomic E-state index is -0.628. The molecule has 0 bridgehead atoms. The molecule has 2 rings (SSSR count). The van der Waals surface area contributed by atoms with Crippen LogP contribution in [0.4, 0.5) is 4.39 Å². The molecule has 0 saturated heterocycles. The van der Waals surface area contributed by atoms with Gasteiger partial charge in [-0.3, -0.25) is 9.59 Å². The monoisotopic (exact) mass is 450 g/mol. The van der Waals surface area contributed by atoms with Crippen LogP contribution in [0, 0.1) is 5.82 Å². The van der Waals surface area contributed by atoms with Crippen molar-refractivity contribution in [2.45, 2.75) is 57.1 Å². The van der Waals surface area contributed by atoms with Crippen LogP contribution < -0.4 is 5.32 Å². The third-order valence-electron chi connectivity index (χ3n) is 4.83.